The minimum absolute atomic E-state index is 0.0919. The standard InChI is InChI=1S/C9H13NO3/c1-12-7-2-3-8(11)9(6-7)13-5-4-10/h2-3,6,11H,4-5,10H2,1H3. The third-order valence-corrected chi connectivity index (χ3v) is 1.54. The number of rotatable bonds is 4. The second-order valence-electron chi connectivity index (χ2n) is 2.47. The van der Waals surface area contributed by atoms with Gasteiger partial charge in [0.15, 0.2) is 11.5 Å². The molecule has 0 fully saturated rings. The third kappa shape index (κ3) is 2.52. The van der Waals surface area contributed by atoms with Crippen LogP contribution >= 0.6 is 0 Å². The van der Waals surface area contributed by atoms with Gasteiger partial charge in [0.25, 0.3) is 0 Å². The summed E-state index contributed by atoms with van der Waals surface area (Å²) in [6.45, 7) is 0.789. The number of nitrogens with two attached hydrogens (primary N) is 1. The number of phenolic OH excluding ortho intramolecular Hbond substituents is 1. The Balaban J connectivity index is 2.78. The summed E-state index contributed by atoms with van der Waals surface area (Å²) in [7, 11) is 1.55. The monoisotopic (exact) mass is 183 g/mol. The van der Waals surface area contributed by atoms with Crippen LogP contribution < -0.4 is 15.2 Å². The molecule has 1 aromatic rings. The number of aromatic hydroxyl groups is 1. The fourth-order valence-electron chi connectivity index (χ4n) is 0.906. The molecule has 4 nitrogen and oxygen atoms in total. The number of methoxy groups -OCH3 is 1. The zero-order valence-electron chi connectivity index (χ0n) is 7.49. The Morgan fingerprint density at radius 1 is 1.46 bits per heavy atom. The van der Waals surface area contributed by atoms with Crippen LogP contribution in [0.1, 0.15) is 0 Å². The first-order valence-corrected chi connectivity index (χ1v) is 3.98. The molecule has 0 aliphatic rings. The largest absolute Gasteiger partial charge is 0.504 e. The van der Waals surface area contributed by atoms with Crippen LogP contribution in [0.15, 0.2) is 18.2 Å². The van der Waals surface area contributed by atoms with Crippen molar-refractivity contribution in [1.29, 1.82) is 0 Å². The van der Waals surface area contributed by atoms with Gasteiger partial charge in [0.05, 0.1) is 7.11 Å². The van der Waals surface area contributed by atoms with Gasteiger partial charge >= 0.3 is 0 Å². The van der Waals surface area contributed by atoms with E-state index < -0.39 is 0 Å². The Hall–Kier alpha value is -1.42. The lowest BCUT2D eigenvalue weighted by molar-refractivity contribution is 0.305. The normalized spacial score (nSPS) is 9.69. The van der Waals surface area contributed by atoms with Crippen LogP contribution in [0.3, 0.4) is 0 Å². The van der Waals surface area contributed by atoms with Crippen LogP contribution in [-0.2, 0) is 0 Å². The quantitative estimate of drug-likeness (QED) is 0.722. The van der Waals surface area contributed by atoms with Crippen LogP contribution in [0.5, 0.6) is 17.2 Å². The Bertz CT molecular complexity index is 276. The predicted molar refractivity (Wildman–Crippen MR) is 49.2 cm³/mol. The van der Waals surface area contributed by atoms with Crippen molar-refractivity contribution in [2.24, 2.45) is 5.73 Å². The highest BCUT2D eigenvalue weighted by molar-refractivity contribution is 5.44. The molecule has 0 aliphatic heterocycles. The van der Waals surface area contributed by atoms with E-state index in [-0.39, 0.29) is 5.75 Å². The first-order valence-electron chi connectivity index (χ1n) is 3.98. The molecule has 0 spiro atoms. The summed E-state index contributed by atoms with van der Waals surface area (Å²) in [6, 6.07) is 4.79. The number of hydrogen-bond donors (Lipinski definition) is 2. The van der Waals surface area contributed by atoms with Crippen molar-refractivity contribution < 1.29 is 14.6 Å². The fourth-order valence-corrected chi connectivity index (χ4v) is 0.906. The molecular weight excluding hydrogens is 170 g/mol. The van der Waals surface area contributed by atoms with Crippen molar-refractivity contribution in [1.82, 2.24) is 0 Å². The van der Waals surface area contributed by atoms with Crippen LogP contribution in [0.2, 0.25) is 0 Å². The average Bonchev–Trinajstić information content (AvgIpc) is 2.17. The predicted octanol–water partition coefficient (Wildman–Crippen LogP) is 0.738. The second-order valence-corrected chi connectivity index (χ2v) is 2.47. The van der Waals surface area contributed by atoms with Crippen LogP contribution in [0, 0.1) is 0 Å². The van der Waals surface area contributed by atoms with Crippen LogP contribution in [0.4, 0.5) is 0 Å². The average molecular weight is 183 g/mol. The van der Waals surface area contributed by atoms with Crippen LogP contribution in [0.25, 0.3) is 0 Å². The molecule has 0 aromatic heterocycles. The maximum Gasteiger partial charge on any atom is 0.164 e. The zero-order chi connectivity index (χ0) is 9.68. The van der Waals surface area contributed by atoms with Gasteiger partial charge in [-0.2, -0.15) is 0 Å². The van der Waals surface area contributed by atoms with Gasteiger partial charge in [-0.1, -0.05) is 0 Å². The first kappa shape index (κ1) is 9.67. The smallest absolute Gasteiger partial charge is 0.164 e. The van der Waals surface area contributed by atoms with E-state index in [2.05, 4.69) is 0 Å². The number of phenols is 1. The maximum absolute atomic E-state index is 9.34. The van der Waals surface area contributed by atoms with Gasteiger partial charge in [-0.25, -0.2) is 0 Å². The molecule has 0 saturated carbocycles. The molecule has 72 valence electrons. The molecule has 13 heavy (non-hydrogen) atoms. The van der Waals surface area contributed by atoms with E-state index in [0.717, 1.165) is 0 Å². The second kappa shape index (κ2) is 4.57. The van der Waals surface area contributed by atoms with Gasteiger partial charge in [-0.3, -0.25) is 0 Å². The number of ether oxygens (including phenoxy) is 2. The fraction of sp³-hybridized carbons (Fsp3) is 0.333. The molecular formula is C9H13NO3. The summed E-state index contributed by atoms with van der Waals surface area (Å²) in [4.78, 5) is 0. The van der Waals surface area contributed by atoms with E-state index in [1.165, 1.54) is 6.07 Å². The van der Waals surface area contributed by atoms with E-state index in [9.17, 15) is 5.11 Å². The molecule has 1 aromatic carbocycles. The molecule has 0 bridgehead atoms. The van der Waals surface area contributed by atoms with Gasteiger partial charge in [0.1, 0.15) is 12.4 Å². The van der Waals surface area contributed by atoms with Gasteiger partial charge in [-0.15, -0.1) is 0 Å². The van der Waals surface area contributed by atoms with E-state index in [4.69, 9.17) is 15.2 Å². The summed E-state index contributed by atoms with van der Waals surface area (Å²) in [5.41, 5.74) is 5.26. The molecule has 0 unspecified atom stereocenters. The van der Waals surface area contributed by atoms with E-state index in [1.54, 1.807) is 19.2 Å². The maximum atomic E-state index is 9.34. The van der Waals surface area contributed by atoms with E-state index in [0.29, 0.717) is 24.7 Å². The summed E-state index contributed by atoms with van der Waals surface area (Å²) in [5, 5.41) is 9.34. The Kier molecular flexibility index (Phi) is 3.40. The summed E-state index contributed by atoms with van der Waals surface area (Å²) in [5.74, 6) is 1.13. The molecule has 3 N–H and O–H groups in total. The molecule has 0 aliphatic carbocycles. The van der Waals surface area contributed by atoms with Gasteiger partial charge in [-0.05, 0) is 12.1 Å². The Morgan fingerprint density at radius 3 is 2.85 bits per heavy atom. The lowest BCUT2D eigenvalue weighted by Crippen LogP contribution is -2.10. The highest BCUT2D eigenvalue weighted by atomic mass is 16.5. The van der Waals surface area contributed by atoms with Crippen molar-refractivity contribution in [3.8, 4) is 17.2 Å². The molecule has 0 saturated heterocycles. The minimum atomic E-state index is 0.0919. The molecule has 0 heterocycles. The molecule has 0 radical (unpaired) electrons. The lowest BCUT2D eigenvalue weighted by atomic mass is 10.3. The van der Waals surface area contributed by atoms with Gasteiger partial charge in [0.2, 0.25) is 0 Å². The molecule has 4 heteroatoms. The molecule has 0 amide bonds. The van der Waals surface area contributed by atoms with Gasteiger partial charge in [0, 0.05) is 12.6 Å². The summed E-state index contributed by atoms with van der Waals surface area (Å²) < 4.78 is 10.1. The highest BCUT2D eigenvalue weighted by Crippen LogP contribution is 2.29. The summed E-state index contributed by atoms with van der Waals surface area (Å²) in [6.07, 6.45) is 0. The van der Waals surface area contributed by atoms with E-state index in [1.807, 2.05) is 0 Å². The molecule has 0 atom stereocenters. The van der Waals surface area contributed by atoms with Crippen molar-refractivity contribution in [3.63, 3.8) is 0 Å². The topological polar surface area (TPSA) is 64.7 Å². The number of hydrogen-bond acceptors (Lipinski definition) is 4. The SMILES string of the molecule is COc1ccc(O)c(OCCN)c1. The van der Waals surface area contributed by atoms with Crippen molar-refractivity contribution in [2.75, 3.05) is 20.3 Å². The van der Waals surface area contributed by atoms with Crippen molar-refractivity contribution in [2.45, 2.75) is 0 Å². The highest BCUT2D eigenvalue weighted by Gasteiger charge is 2.03. The third-order valence-electron chi connectivity index (χ3n) is 1.54. The number of benzene rings is 1. The Morgan fingerprint density at radius 2 is 2.23 bits per heavy atom. The first-order chi connectivity index (χ1) is 6.27. The van der Waals surface area contributed by atoms with Crippen molar-refractivity contribution in [3.05, 3.63) is 18.2 Å². The summed E-state index contributed by atoms with van der Waals surface area (Å²) >= 11 is 0. The van der Waals surface area contributed by atoms with Crippen molar-refractivity contribution >= 4 is 0 Å². The minimum Gasteiger partial charge on any atom is -0.504 e. The molecule has 1 rings (SSSR count). The lowest BCUT2D eigenvalue weighted by Gasteiger charge is -2.08. The Labute approximate surface area is 76.9 Å². The zero-order valence-corrected chi connectivity index (χ0v) is 7.49. The van der Waals surface area contributed by atoms with E-state index >= 15 is 0 Å². The van der Waals surface area contributed by atoms with Crippen LogP contribution in [-0.4, -0.2) is 25.4 Å². The van der Waals surface area contributed by atoms with Gasteiger partial charge < -0.3 is 20.3 Å².